The van der Waals surface area contributed by atoms with E-state index in [2.05, 4.69) is 0 Å². The van der Waals surface area contributed by atoms with Crippen molar-refractivity contribution in [2.24, 2.45) is 0 Å². The number of rotatable bonds is 0. The first-order valence-corrected chi connectivity index (χ1v) is 2.89. The third-order valence-electron chi connectivity index (χ3n) is 0. The summed E-state index contributed by atoms with van der Waals surface area (Å²) < 4.78 is 9.50. The average molecular weight is 166 g/mol. The summed E-state index contributed by atoms with van der Waals surface area (Å²) in [5, 5.41) is 0. The third kappa shape index (κ3) is 131. The molecule has 0 rings (SSSR count). The molecule has 0 aromatic carbocycles. The molecule has 9 heteroatoms. The van der Waals surface area contributed by atoms with Gasteiger partial charge in [-0.1, -0.05) is 0 Å². The van der Waals surface area contributed by atoms with Gasteiger partial charge in [0.15, 0.2) is 0 Å². The van der Waals surface area contributed by atoms with E-state index >= 15 is 0 Å². The van der Waals surface area contributed by atoms with Crippen LogP contribution in [0, 0.1) is 0 Å². The summed E-state index contributed by atoms with van der Waals surface area (Å²) in [5.41, 5.74) is 0. The summed E-state index contributed by atoms with van der Waals surface area (Å²) in [4.78, 5) is 33.1. The standard InChI is InChI=1S/FH.Li.Mg.Na.HO4Si/c;;;;1-5(2,3)4/h1H;;;;1H/q;+1;+2;+1;-3/p-1. The van der Waals surface area contributed by atoms with Gasteiger partial charge in [0.1, 0.15) is 0 Å². The van der Waals surface area contributed by atoms with Crippen LogP contribution < -0.4 is 43.9 Å². The number of halogens is 1. The van der Waals surface area contributed by atoms with Crippen molar-refractivity contribution in [3.8, 4) is 0 Å². The molecule has 40 valence electrons. The van der Waals surface area contributed by atoms with Crippen LogP contribution >= 0.6 is 0 Å². The summed E-state index contributed by atoms with van der Waals surface area (Å²) in [6.07, 6.45) is 0. The van der Waals surface area contributed by atoms with E-state index in [0.29, 0.717) is 18.2 Å². The zero-order valence-corrected chi connectivity index (χ0v) is 9.67. The van der Waals surface area contributed by atoms with Gasteiger partial charge in [0.25, 0.3) is 0 Å². The second-order valence-corrected chi connectivity index (χ2v) is 1.57. The molecule has 0 aliphatic heterocycles. The molecule has 0 saturated carbocycles. The van der Waals surface area contributed by atoms with E-state index in [0.717, 1.165) is 0 Å². The second-order valence-electron chi connectivity index (χ2n) is 0.524. The summed E-state index contributed by atoms with van der Waals surface area (Å²) in [5.74, 6) is 0. The molecule has 1 N–H and O–H groups in total. The van der Waals surface area contributed by atoms with E-state index in [1.807, 2.05) is 0 Å². The first-order valence-electron chi connectivity index (χ1n) is 1.21. The number of hydrogen-bond donors (Lipinski definition) is 1. The largest absolute Gasteiger partial charge is 2.00 e. The summed E-state index contributed by atoms with van der Waals surface area (Å²) in [6.45, 7) is 0. The van der Waals surface area contributed by atoms with E-state index in [1.54, 1.807) is 0 Å². The Labute approximate surface area is 101 Å². The van der Waals surface area contributed by atoms with Crippen LogP contribution in [-0.4, -0.2) is 55.1 Å². The molecule has 0 atom stereocenters. The predicted molar refractivity (Wildman–Crippen MR) is 20.6 cm³/mol. The molecule has 9 heavy (non-hydrogen) atoms. The van der Waals surface area contributed by atoms with Crippen molar-refractivity contribution < 1.29 is 52.1 Å². The molecule has 0 unspecified atom stereocenters. The Bertz CT molecular complexity index is 36.0. The van der Waals surface area contributed by atoms with Crippen LogP contribution in [0.15, 0.2) is 0 Å². The van der Waals surface area contributed by atoms with Crippen LogP contribution in [0.25, 0.3) is 0 Å². The van der Waals surface area contributed by atoms with Crippen LogP contribution in [0.5, 0.6) is 0 Å². The normalized spacial score (nSPS) is 7.44. The molecular weight excluding hydrogens is 165 g/mol. The van der Waals surface area contributed by atoms with Crippen molar-refractivity contribution in [1.29, 1.82) is 0 Å². The van der Waals surface area contributed by atoms with Gasteiger partial charge in [-0.25, -0.2) is 0 Å². The molecule has 0 saturated heterocycles. The molecule has 0 spiro atoms. The Hall–Kier alpha value is 2.35. The molecule has 0 amide bonds. The number of hydrogen-bond acceptors (Lipinski definition) is 4. The zero-order chi connectivity index (χ0) is 6.50. The van der Waals surface area contributed by atoms with Gasteiger partial charge in [0.05, 0.1) is 0 Å². The van der Waals surface area contributed by atoms with Gasteiger partial charge in [-0.15, -0.1) is 9.05 Å². The van der Waals surface area contributed by atoms with Gasteiger partial charge in [-0.05, 0) is 0 Å². The fourth-order valence-electron chi connectivity index (χ4n) is 0. The van der Waals surface area contributed by atoms with E-state index in [1.165, 1.54) is 0 Å². The Kier molecular flexibility index (Phi) is 32.5. The molecule has 0 aliphatic rings. The Balaban J connectivity index is -0.0000000286. The summed E-state index contributed by atoms with van der Waals surface area (Å²) in [7, 11) is -5.36. The Morgan fingerprint density at radius 3 is 1.22 bits per heavy atom. The van der Waals surface area contributed by atoms with Crippen molar-refractivity contribution in [2.75, 3.05) is 0 Å². The molecule has 0 aromatic heterocycles. The minimum atomic E-state index is -5.36. The minimum Gasteiger partial charge on any atom is -0.861 e. The Morgan fingerprint density at radius 2 is 1.22 bits per heavy atom. The van der Waals surface area contributed by atoms with Crippen LogP contribution in [0.4, 0.5) is 3.38 Å². The second kappa shape index (κ2) is 13.0. The van der Waals surface area contributed by atoms with Crippen LogP contribution in [0.2, 0.25) is 0 Å². The quantitative estimate of drug-likeness (QED) is 0.362. The van der Waals surface area contributed by atoms with Gasteiger partial charge in [0.2, 0.25) is 0 Å². The third-order valence-corrected chi connectivity index (χ3v) is 0. The summed E-state index contributed by atoms with van der Waals surface area (Å²) in [6, 6.07) is 0. The fourth-order valence-corrected chi connectivity index (χ4v) is 0. The molecule has 0 aromatic rings. The molecule has 4 nitrogen and oxygen atoms in total. The SMILES string of the molecule is [Li][F].[Mg+2].[Na+].[O-][Si]([O-])([O-])O. The minimum absolute atomic E-state index is 0. The topological polar surface area (TPSA) is 89.4 Å². The molecule has 0 heterocycles. The monoisotopic (exact) mass is 166 g/mol. The maximum atomic E-state index is 9.50. The van der Waals surface area contributed by atoms with Crippen molar-refractivity contribution in [3.05, 3.63) is 0 Å². The molecule has 0 aliphatic carbocycles. The molecule has 0 radical (unpaired) electrons. The smallest absolute Gasteiger partial charge is 0.861 e. The van der Waals surface area contributed by atoms with Gasteiger partial charge < -0.3 is 19.2 Å². The van der Waals surface area contributed by atoms with E-state index in [-0.39, 0.29) is 52.6 Å². The van der Waals surface area contributed by atoms with Gasteiger partial charge in [0, 0.05) is 0 Å². The van der Waals surface area contributed by atoms with Gasteiger partial charge in [-0.2, -0.15) is 0 Å². The fraction of sp³-hybridized carbons (Fsp3) is 0. The van der Waals surface area contributed by atoms with Crippen LogP contribution in [0.3, 0.4) is 0 Å². The predicted octanol–water partition coefficient (Wildman–Crippen LogP) is -7.84. The van der Waals surface area contributed by atoms with Crippen molar-refractivity contribution in [2.45, 2.75) is 0 Å². The first-order chi connectivity index (χ1) is 3.00. The van der Waals surface area contributed by atoms with Crippen molar-refractivity contribution in [1.82, 2.24) is 0 Å². The Morgan fingerprint density at radius 1 is 1.22 bits per heavy atom. The zero-order valence-electron chi connectivity index (χ0n) is 5.26. The maximum absolute atomic E-state index is 9.50. The maximum Gasteiger partial charge on any atom is 2.00 e. The van der Waals surface area contributed by atoms with Crippen LogP contribution in [0.1, 0.15) is 0 Å². The molecule has 0 bridgehead atoms. The van der Waals surface area contributed by atoms with E-state index in [9.17, 15) is 3.38 Å². The first kappa shape index (κ1) is 22.5. The average Bonchev–Trinajstić information content (AvgIpc) is 1.36. The van der Waals surface area contributed by atoms with E-state index in [4.69, 9.17) is 19.2 Å². The van der Waals surface area contributed by atoms with Crippen molar-refractivity contribution >= 4 is 50.3 Å². The van der Waals surface area contributed by atoms with Gasteiger partial charge in [-0.3, -0.25) is 0 Å². The summed E-state index contributed by atoms with van der Waals surface area (Å²) >= 11 is 0.500. The molecule has 0 fully saturated rings. The van der Waals surface area contributed by atoms with Crippen LogP contribution in [-0.2, 0) is 0 Å². The van der Waals surface area contributed by atoms with Crippen molar-refractivity contribution in [3.63, 3.8) is 0 Å². The van der Waals surface area contributed by atoms with Gasteiger partial charge >= 0.3 is 74.2 Å². The van der Waals surface area contributed by atoms with E-state index < -0.39 is 9.05 Å². The molecular formula is HFLiMgNaO4Si.